The second-order valence-electron chi connectivity index (χ2n) is 7.26. The minimum atomic E-state index is 0. The Balaban J connectivity index is 0.00000300. The zero-order valence-corrected chi connectivity index (χ0v) is 19.4. The molecular formula is C20H31IN6O2. The molecule has 0 bridgehead atoms. The molecule has 1 aromatic rings. The van der Waals surface area contributed by atoms with Crippen molar-refractivity contribution in [1.82, 2.24) is 20.4 Å². The van der Waals surface area contributed by atoms with Gasteiger partial charge in [0, 0.05) is 77.8 Å². The quantitative estimate of drug-likeness (QED) is 0.311. The molecule has 3 N–H and O–H groups in total. The number of guanidine groups is 1. The van der Waals surface area contributed by atoms with Crippen LogP contribution in [0.15, 0.2) is 29.3 Å². The third-order valence-electron chi connectivity index (χ3n) is 5.38. The second-order valence-corrected chi connectivity index (χ2v) is 7.26. The number of benzene rings is 1. The van der Waals surface area contributed by atoms with Gasteiger partial charge in [0.1, 0.15) is 0 Å². The van der Waals surface area contributed by atoms with Crippen molar-refractivity contribution in [2.45, 2.75) is 19.3 Å². The van der Waals surface area contributed by atoms with Crippen LogP contribution < -0.4 is 16.0 Å². The van der Waals surface area contributed by atoms with E-state index in [4.69, 9.17) is 0 Å². The lowest BCUT2D eigenvalue weighted by atomic mass is 9.90. The van der Waals surface area contributed by atoms with Gasteiger partial charge >= 0.3 is 0 Å². The van der Waals surface area contributed by atoms with Crippen LogP contribution in [-0.2, 0) is 9.59 Å². The van der Waals surface area contributed by atoms with E-state index in [2.05, 4.69) is 31.9 Å². The minimum Gasteiger partial charge on any atom is -0.356 e. The predicted octanol–water partition coefficient (Wildman–Crippen LogP) is 1.06. The molecule has 1 atom stereocenters. The largest absolute Gasteiger partial charge is 0.356 e. The predicted molar refractivity (Wildman–Crippen MR) is 126 cm³/mol. The van der Waals surface area contributed by atoms with Gasteiger partial charge in [-0.1, -0.05) is 18.2 Å². The summed E-state index contributed by atoms with van der Waals surface area (Å²) in [6, 6.07) is 7.95. The van der Waals surface area contributed by atoms with Gasteiger partial charge in [0.2, 0.25) is 11.8 Å². The van der Waals surface area contributed by atoms with Crippen LogP contribution in [0, 0.1) is 0 Å². The molecule has 1 unspecified atom stereocenters. The molecule has 0 radical (unpaired) electrons. The number of hydrogen-bond acceptors (Lipinski definition) is 4. The van der Waals surface area contributed by atoms with Crippen molar-refractivity contribution < 1.29 is 9.59 Å². The normalized spacial score (nSPS) is 19.7. The van der Waals surface area contributed by atoms with E-state index >= 15 is 0 Å². The number of amides is 2. The van der Waals surface area contributed by atoms with Crippen LogP contribution in [0.5, 0.6) is 0 Å². The highest BCUT2D eigenvalue weighted by molar-refractivity contribution is 14.0. The lowest BCUT2D eigenvalue weighted by molar-refractivity contribution is -0.130. The number of halogens is 1. The van der Waals surface area contributed by atoms with E-state index in [1.54, 1.807) is 14.0 Å². The van der Waals surface area contributed by atoms with Gasteiger partial charge in [-0.15, -0.1) is 24.0 Å². The third-order valence-corrected chi connectivity index (χ3v) is 5.38. The maximum Gasteiger partial charge on any atom is 0.225 e. The Labute approximate surface area is 189 Å². The summed E-state index contributed by atoms with van der Waals surface area (Å²) in [4.78, 5) is 31.9. The summed E-state index contributed by atoms with van der Waals surface area (Å²) in [5, 5.41) is 9.62. The van der Waals surface area contributed by atoms with Crippen molar-refractivity contribution in [3.63, 3.8) is 0 Å². The first-order valence-electron chi connectivity index (χ1n) is 9.88. The van der Waals surface area contributed by atoms with Crippen molar-refractivity contribution >= 4 is 47.4 Å². The molecular weight excluding hydrogens is 483 g/mol. The van der Waals surface area contributed by atoms with Crippen molar-refractivity contribution in [3.8, 4) is 0 Å². The van der Waals surface area contributed by atoms with Gasteiger partial charge in [-0.05, 0) is 11.6 Å². The molecule has 9 heteroatoms. The average Bonchev–Trinajstić information content (AvgIpc) is 2.70. The van der Waals surface area contributed by atoms with Crippen LogP contribution >= 0.6 is 24.0 Å². The third kappa shape index (κ3) is 6.56. The van der Waals surface area contributed by atoms with Gasteiger partial charge in [-0.2, -0.15) is 0 Å². The van der Waals surface area contributed by atoms with Gasteiger partial charge in [-0.3, -0.25) is 19.5 Å². The van der Waals surface area contributed by atoms with Crippen molar-refractivity contribution in [2.75, 3.05) is 58.2 Å². The van der Waals surface area contributed by atoms with Gasteiger partial charge in [-0.25, -0.2) is 0 Å². The summed E-state index contributed by atoms with van der Waals surface area (Å²) in [7, 11) is 1.75. The van der Waals surface area contributed by atoms with Crippen molar-refractivity contribution in [1.29, 1.82) is 0 Å². The molecule has 2 aliphatic rings. The van der Waals surface area contributed by atoms with Gasteiger partial charge in [0.25, 0.3) is 0 Å². The van der Waals surface area contributed by atoms with Gasteiger partial charge < -0.3 is 20.9 Å². The van der Waals surface area contributed by atoms with E-state index in [9.17, 15) is 9.59 Å². The van der Waals surface area contributed by atoms with E-state index < -0.39 is 0 Å². The molecule has 1 aromatic carbocycles. The topological polar surface area (TPSA) is 89.1 Å². The number of hydrogen-bond donors (Lipinski definition) is 3. The molecule has 8 nitrogen and oxygen atoms in total. The number of para-hydroxylation sites is 1. The molecule has 2 heterocycles. The summed E-state index contributed by atoms with van der Waals surface area (Å²) in [6.07, 6.45) is 0.474. The van der Waals surface area contributed by atoms with Crippen LogP contribution in [0.4, 0.5) is 5.69 Å². The molecule has 1 fully saturated rings. The minimum absolute atomic E-state index is 0. The SMILES string of the molecule is CN=C(NCCN1CCN(C(C)=O)CC1)NCC1CC(=O)Nc2ccccc21.I. The van der Waals surface area contributed by atoms with Gasteiger partial charge in [0.05, 0.1) is 0 Å². The highest BCUT2D eigenvalue weighted by Crippen LogP contribution is 2.31. The number of piperazine rings is 1. The summed E-state index contributed by atoms with van der Waals surface area (Å²) in [5.74, 6) is 1.08. The maximum atomic E-state index is 11.9. The molecule has 160 valence electrons. The van der Waals surface area contributed by atoms with E-state index in [-0.39, 0.29) is 41.7 Å². The smallest absolute Gasteiger partial charge is 0.225 e. The molecule has 0 aromatic heterocycles. The fraction of sp³-hybridized carbons (Fsp3) is 0.550. The van der Waals surface area contributed by atoms with Crippen LogP contribution in [0.1, 0.15) is 24.8 Å². The number of nitrogens with one attached hydrogen (secondary N) is 3. The van der Waals surface area contributed by atoms with Crippen LogP contribution in [0.3, 0.4) is 0 Å². The Kier molecular flexibility index (Phi) is 9.15. The Hall–Kier alpha value is -1.88. The van der Waals surface area contributed by atoms with E-state index in [0.717, 1.165) is 56.5 Å². The van der Waals surface area contributed by atoms with Crippen molar-refractivity contribution in [3.05, 3.63) is 29.8 Å². The summed E-state index contributed by atoms with van der Waals surface area (Å²) >= 11 is 0. The Morgan fingerprint density at radius 2 is 1.93 bits per heavy atom. The van der Waals surface area contributed by atoms with E-state index in [1.807, 2.05) is 23.1 Å². The second kappa shape index (κ2) is 11.3. The summed E-state index contributed by atoms with van der Waals surface area (Å²) < 4.78 is 0. The fourth-order valence-electron chi connectivity index (χ4n) is 3.74. The Morgan fingerprint density at radius 3 is 2.62 bits per heavy atom. The molecule has 0 aliphatic carbocycles. The number of fused-ring (bicyclic) bond motifs is 1. The monoisotopic (exact) mass is 514 g/mol. The van der Waals surface area contributed by atoms with E-state index in [0.29, 0.717) is 13.0 Å². The molecule has 2 aliphatic heterocycles. The fourth-order valence-corrected chi connectivity index (χ4v) is 3.74. The van der Waals surface area contributed by atoms with Crippen LogP contribution in [-0.4, -0.2) is 80.4 Å². The maximum absolute atomic E-state index is 11.9. The van der Waals surface area contributed by atoms with Gasteiger partial charge in [0.15, 0.2) is 5.96 Å². The average molecular weight is 514 g/mol. The highest BCUT2D eigenvalue weighted by Gasteiger charge is 2.24. The molecule has 0 spiro atoms. The Morgan fingerprint density at radius 1 is 1.21 bits per heavy atom. The first-order valence-corrected chi connectivity index (χ1v) is 9.88. The first kappa shape index (κ1) is 23.4. The Bertz CT molecular complexity index is 733. The summed E-state index contributed by atoms with van der Waals surface area (Å²) in [5.41, 5.74) is 2.06. The molecule has 29 heavy (non-hydrogen) atoms. The van der Waals surface area contributed by atoms with Crippen LogP contribution in [0.25, 0.3) is 0 Å². The first-order chi connectivity index (χ1) is 13.6. The van der Waals surface area contributed by atoms with Crippen molar-refractivity contribution in [2.24, 2.45) is 4.99 Å². The molecule has 2 amide bonds. The lowest BCUT2D eigenvalue weighted by Crippen LogP contribution is -2.50. The number of aliphatic imine (C=N–C) groups is 1. The standard InChI is InChI=1S/C20H30N6O2.HI/c1-15(27)26-11-9-25(10-12-26)8-7-22-20(21-2)23-14-16-13-19(28)24-18-6-4-3-5-17(16)18;/h3-6,16H,7-14H2,1-2H3,(H,24,28)(H2,21,22,23);1H. The molecule has 1 saturated heterocycles. The van der Waals surface area contributed by atoms with Crippen LogP contribution in [0.2, 0.25) is 0 Å². The molecule has 3 rings (SSSR count). The number of carbonyl (C=O) groups excluding carboxylic acids is 2. The lowest BCUT2D eigenvalue weighted by Gasteiger charge is -2.34. The highest BCUT2D eigenvalue weighted by atomic mass is 127. The molecule has 0 saturated carbocycles. The number of nitrogens with zero attached hydrogens (tertiary/aromatic N) is 3. The number of rotatable bonds is 5. The number of carbonyl (C=O) groups is 2. The zero-order chi connectivity index (χ0) is 19.9. The zero-order valence-electron chi connectivity index (χ0n) is 17.1. The summed E-state index contributed by atoms with van der Waals surface area (Å²) in [6.45, 7) is 7.37. The van der Waals surface area contributed by atoms with E-state index in [1.165, 1.54) is 0 Å². The number of anilines is 1.